The molecule has 0 aromatic heterocycles. The van der Waals surface area contributed by atoms with Crippen molar-refractivity contribution in [2.24, 2.45) is 0 Å². The number of rotatable bonds is 3. The predicted molar refractivity (Wildman–Crippen MR) is 80.1 cm³/mol. The lowest BCUT2D eigenvalue weighted by Crippen LogP contribution is -2.12. The van der Waals surface area contributed by atoms with E-state index in [1.165, 1.54) is 25.3 Å². The lowest BCUT2D eigenvalue weighted by molar-refractivity contribution is 0.102. The highest BCUT2D eigenvalue weighted by Gasteiger charge is 2.10. The highest BCUT2D eigenvalue weighted by Crippen LogP contribution is 2.25. The average molecular weight is 371 g/mol. The molecule has 98 valence electrons. The van der Waals surface area contributed by atoms with E-state index in [0.29, 0.717) is 17.0 Å². The monoisotopic (exact) mass is 371 g/mol. The van der Waals surface area contributed by atoms with Gasteiger partial charge in [-0.05, 0) is 59.0 Å². The van der Waals surface area contributed by atoms with Gasteiger partial charge in [0.1, 0.15) is 11.6 Å². The summed E-state index contributed by atoms with van der Waals surface area (Å²) in [4.78, 5) is 12.0. The second-order valence-electron chi connectivity index (χ2n) is 3.81. The second kappa shape index (κ2) is 6.01. The van der Waals surface area contributed by atoms with Gasteiger partial charge in [0.2, 0.25) is 0 Å². The van der Waals surface area contributed by atoms with Crippen molar-refractivity contribution < 1.29 is 13.9 Å². The molecule has 0 saturated carbocycles. The number of benzene rings is 2. The number of amides is 1. The van der Waals surface area contributed by atoms with Crippen LogP contribution in [0.1, 0.15) is 10.4 Å². The first-order valence-electron chi connectivity index (χ1n) is 5.50. The molecule has 0 aliphatic rings. The highest BCUT2D eigenvalue weighted by atomic mass is 127. The first-order valence-corrected chi connectivity index (χ1v) is 6.58. The van der Waals surface area contributed by atoms with Crippen LogP contribution in [0.4, 0.5) is 10.1 Å². The van der Waals surface area contributed by atoms with Crippen molar-refractivity contribution >= 4 is 34.2 Å². The summed E-state index contributed by atoms with van der Waals surface area (Å²) in [6.45, 7) is 0. The van der Waals surface area contributed by atoms with Crippen molar-refractivity contribution in [1.29, 1.82) is 0 Å². The summed E-state index contributed by atoms with van der Waals surface area (Å²) < 4.78 is 19.1. The van der Waals surface area contributed by atoms with Crippen molar-refractivity contribution in [3.05, 3.63) is 57.4 Å². The van der Waals surface area contributed by atoms with Crippen LogP contribution in [-0.4, -0.2) is 13.0 Å². The Morgan fingerprint density at radius 2 is 1.89 bits per heavy atom. The topological polar surface area (TPSA) is 38.3 Å². The number of ether oxygens (including phenoxy) is 1. The molecule has 1 N–H and O–H groups in total. The summed E-state index contributed by atoms with van der Waals surface area (Å²) in [6, 6.07) is 11.1. The van der Waals surface area contributed by atoms with Crippen LogP contribution in [0.3, 0.4) is 0 Å². The maximum Gasteiger partial charge on any atom is 0.255 e. The minimum atomic E-state index is -0.413. The van der Waals surface area contributed by atoms with E-state index in [1.807, 2.05) is 12.1 Å². The molecule has 3 nitrogen and oxygen atoms in total. The molecule has 0 fully saturated rings. The molecule has 0 saturated heterocycles. The zero-order valence-electron chi connectivity index (χ0n) is 10.1. The third-order valence-electron chi connectivity index (χ3n) is 2.52. The van der Waals surface area contributed by atoms with Crippen LogP contribution >= 0.6 is 22.6 Å². The molecule has 0 unspecified atom stereocenters. The molecule has 2 aromatic rings. The standard InChI is InChI=1S/C14H11FINO2/c1-19-13-8-10(15)4-7-12(13)17-14(18)9-2-5-11(16)6-3-9/h2-8H,1H3,(H,17,18). The summed E-state index contributed by atoms with van der Waals surface area (Å²) >= 11 is 2.17. The van der Waals surface area contributed by atoms with Gasteiger partial charge >= 0.3 is 0 Å². The number of halogens is 2. The first-order chi connectivity index (χ1) is 9.10. The van der Waals surface area contributed by atoms with Crippen LogP contribution in [0.2, 0.25) is 0 Å². The smallest absolute Gasteiger partial charge is 0.255 e. The molecule has 0 aliphatic carbocycles. The molecule has 0 bridgehead atoms. The van der Waals surface area contributed by atoms with Crippen molar-refractivity contribution in [3.8, 4) is 5.75 Å². The third kappa shape index (κ3) is 3.44. The van der Waals surface area contributed by atoms with E-state index in [-0.39, 0.29) is 5.91 Å². The van der Waals surface area contributed by atoms with Crippen LogP contribution in [0.5, 0.6) is 5.75 Å². The third-order valence-corrected chi connectivity index (χ3v) is 3.24. The normalized spacial score (nSPS) is 10.1. The zero-order valence-corrected chi connectivity index (χ0v) is 12.3. The van der Waals surface area contributed by atoms with Gasteiger partial charge in [-0.15, -0.1) is 0 Å². The van der Waals surface area contributed by atoms with E-state index in [1.54, 1.807) is 12.1 Å². The summed E-state index contributed by atoms with van der Waals surface area (Å²) in [5, 5.41) is 2.69. The fourth-order valence-corrected chi connectivity index (χ4v) is 1.92. The van der Waals surface area contributed by atoms with Crippen LogP contribution in [0.25, 0.3) is 0 Å². The number of hydrogen-bond donors (Lipinski definition) is 1. The lowest BCUT2D eigenvalue weighted by atomic mass is 10.2. The Hall–Kier alpha value is -1.63. The Morgan fingerprint density at radius 1 is 1.21 bits per heavy atom. The molecule has 2 aromatic carbocycles. The number of nitrogens with one attached hydrogen (secondary N) is 1. The molecule has 2 rings (SSSR count). The van der Waals surface area contributed by atoms with Crippen LogP contribution in [-0.2, 0) is 0 Å². The van der Waals surface area contributed by atoms with Crippen LogP contribution in [0, 0.1) is 9.39 Å². The fraction of sp³-hybridized carbons (Fsp3) is 0.0714. The van der Waals surface area contributed by atoms with E-state index in [0.717, 1.165) is 3.57 Å². The van der Waals surface area contributed by atoms with E-state index >= 15 is 0 Å². The fourth-order valence-electron chi connectivity index (χ4n) is 1.56. The Bertz CT molecular complexity index is 599. The van der Waals surface area contributed by atoms with Gasteiger partial charge in [-0.3, -0.25) is 4.79 Å². The van der Waals surface area contributed by atoms with Gasteiger partial charge in [-0.25, -0.2) is 4.39 Å². The minimum Gasteiger partial charge on any atom is -0.494 e. The van der Waals surface area contributed by atoms with Crippen molar-refractivity contribution in [3.63, 3.8) is 0 Å². The molecule has 1 amide bonds. The van der Waals surface area contributed by atoms with Gasteiger partial charge in [0.25, 0.3) is 5.91 Å². The van der Waals surface area contributed by atoms with Gasteiger partial charge in [0.05, 0.1) is 12.8 Å². The largest absolute Gasteiger partial charge is 0.494 e. The SMILES string of the molecule is COc1cc(F)ccc1NC(=O)c1ccc(I)cc1. The van der Waals surface area contributed by atoms with Gasteiger partial charge in [-0.1, -0.05) is 0 Å². The van der Waals surface area contributed by atoms with E-state index in [9.17, 15) is 9.18 Å². The first kappa shape index (κ1) is 13.8. The zero-order chi connectivity index (χ0) is 13.8. The van der Waals surface area contributed by atoms with Gasteiger partial charge < -0.3 is 10.1 Å². The number of methoxy groups -OCH3 is 1. The Morgan fingerprint density at radius 3 is 2.53 bits per heavy atom. The van der Waals surface area contributed by atoms with Gasteiger partial charge in [-0.2, -0.15) is 0 Å². The average Bonchev–Trinajstić information content (AvgIpc) is 2.41. The van der Waals surface area contributed by atoms with Crippen molar-refractivity contribution in [1.82, 2.24) is 0 Å². The molecular weight excluding hydrogens is 360 g/mol. The summed E-state index contributed by atoms with van der Waals surface area (Å²) in [7, 11) is 1.43. The maximum atomic E-state index is 13.0. The highest BCUT2D eigenvalue weighted by molar-refractivity contribution is 14.1. The van der Waals surface area contributed by atoms with Crippen molar-refractivity contribution in [2.75, 3.05) is 12.4 Å². The molecule has 0 spiro atoms. The van der Waals surface area contributed by atoms with E-state index < -0.39 is 5.82 Å². The minimum absolute atomic E-state index is 0.263. The Labute approximate surface area is 123 Å². The molecule has 0 heterocycles. The van der Waals surface area contributed by atoms with E-state index in [2.05, 4.69) is 27.9 Å². The number of carbonyl (C=O) groups excluding carboxylic acids is 1. The predicted octanol–water partition coefficient (Wildman–Crippen LogP) is 3.69. The number of anilines is 1. The molecular formula is C14H11FINO2. The molecule has 5 heteroatoms. The number of carbonyl (C=O) groups is 1. The van der Waals surface area contributed by atoms with E-state index in [4.69, 9.17) is 4.74 Å². The quantitative estimate of drug-likeness (QED) is 0.836. The van der Waals surface area contributed by atoms with Gasteiger partial charge in [0, 0.05) is 15.2 Å². The Kier molecular flexibility index (Phi) is 4.36. The Balaban J connectivity index is 2.21. The van der Waals surface area contributed by atoms with Crippen LogP contribution < -0.4 is 10.1 Å². The second-order valence-corrected chi connectivity index (χ2v) is 5.05. The number of hydrogen-bond acceptors (Lipinski definition) is 2. The van der Waals surface area contributed by atoms with Crippen LogP contribution in [0.15, 0.2) is 42.5 Å². The summed E-state index contributed by atoms with van der Waals surface area (Å²) in [5.74, 6) is -0.385. The molecule has 0 atom stereocenters. The maximum absolute atomic E-state index is 13.0. The summed E-state index contributed by atoms with van der Waals surface area (Å²) in [6.07, 6.45) is 0. The molecule has 19 heavy (non-hydrogen) atoms. The molecule has 0 aliphatic heterocycles. The lowest BCUT2D eigenvalue weighted by Gasteiger charge is -2.10. The summed E-state index contributed by atoms with van der Waals surface area (Å²) in [5.41, 5.74) is 0.972. The molecule has 0 radical (unpaired) electrons. The van der Waals surface area contributed by atoms with Gasteiger partial charge in [0.15, 0.2) is 0 Å². The van der Waals surface area contributed by atoms with Crippen molar-refractivity contribution in [2.45, 2.75) is 0 Å².